The fourth-order valence-corrected chi connectivity index (χ4v) is 6.97. The van der Waals surface area contributed by atoms with E-state index in [2.05, 4.69) is 41.3 Å². The van der Waals surface area contributed by atoms with Crippen LogP contribution in [0.1, 0.15) is 43.4 Å². The highest BCUT2D eigenvalue weighted by Gasteiger charge is 2.45. The summed E-state index contributed by atoms with van der Waals surface area (Å²) in [5.74, 6) is -1.43. The van der Waals surface area contributed by atoms with Crippen molar-refractivity contribution in [2.24, 2.45) is 5.92 Å². The molecule has 0 radical (unpaired) electrons. The van der Waals surface area contributed by atoms with Crippen molar-refractivity contribution in [1.29, 1.82) is 0 Å². The summed E-state index contributed by atoms with van der Waals surface area (Å²) in [4.78, 5) is 47.1. The molecule has 8 nitrogen and oxygen atoms in total. The van der Waals surface area contributed by atoms with Gasteiger partial charge in [0.2, 0.25) is 0 Å². The monoisotopic (exact) mass is 632 g/mol. The third kappa shape index (κ3) is 6.59. The molecule has 8 heteroatoms. The second-order valence-electron chi connectivity index (χ2n) is 12.5. The van der Waals surface area contributed by atoms with Crippen molar-refractivity contribution in [3.8, 4) is 0 Å². The number of carboxylic acids is 1. The standard InChI is InChI=1S/C39H44N4O4/c1-29(2)35(37(45)46)41(4)38(47)40(3)33-24-17-26-42(28-33)36(44)34-25-15-8-16-27-43(34)39(30-18-9-5-10-19-30,31-20-11-6-12-21-31)32-22-13-7-14-23-32/h5-16,18-23,25,27,29,33,35H,17,24,26,28H2,1-4H3,(H,45,46)/t33-,35-/m0/s1. The lowest BCUT2D eigenvalue weighted by atomic mass is 9.75. The van der Waals surface area contributed by atoms with E-state index in [1.165, 1.54) is 11.9 Å². The molecule has 1 fully saturated rings. The van der Waals surface area contributed by atoms with Crippen LogP contribution in [0.15, 0.2) is 127 Å². The fraction of sp³-hybridized carbons (Fsp3) is 0.308. The van der Waals surface area contributed by atoms with Crippen molar-refractivity contribution in [2.45, 2.75) is 44.3 Å². The zero-order valence-electron chi connectivity index (χ0n) is 27.6. The second-order valence-corrected chi connectivity index (χ2v) is 12.5. The number of likely N-dealkylation sites (tertiary alicyclic amines) is 1. The molecule has 3 amide bonds. The van der Waals surface area contributed by atoms with Crippen molar-refractivity contribution in [2.75, 3.05) is 27.2 Å². The summed E-state index contributed by atoms with van der Waals surface area (Å²) in [5.41, 5.74) is 2.63. The maximum Gasteiger partial charge on any atom is 0.326 e. The Morgan fingerprint density at radius 2 is 1.34 bits per heavy atom. The van der Waals surface area contributed by atoms with Crippen LogP contribution in [0.4, 0.5) is 4.79 Å². The lowest BCUT2D eigenvalue weighted by Crippen LogP contribution is -2.57. The Morgan fingerprint density at radius 3 is 1.83 bits per heavy atom. The molecule has 0 saturated carbocycles. The number of amides is 3. The molecule has 0 spiro atoms. The van der Waals surface area contributed by atoms with Gasteiger partial charge < -0.3 is 24.7 Å². The Bertz CT molecular complexity index is 1540. The topological polar surface area (TPSA) is 84.4 Å². The number of urea groups is 1. The molecular weight excluding hydrogens is 588 g/mol. The van der Waals surface area contributed by atoms with Gasteiger partial charge in [-0.05, 0) is 47.6 Å². The van der Waals surface area contributed by atoms with Gasteiger partial charge in [0.15, 0.2) is 0 Å². The first-order chi connectivity index (χ1) is 22.7. The van der Waals surface area contributed by atoms with Gasteiger partial charge in [0.1, 0.15) is 17.3 Å². The van der Waals surface area contributed by atoms with Gasteiger partial charge >= 0.3 is 12.0 Å². The summed E-state index contributed by atoms with van der Waals surface area (Å²) in [6.07, 6.45) is 11.0. The van der Waals surface area contributed by atoms with E-state index >= 15 is 0 Å². The highest BCUT2D eigenvalue weighted by Crippen LogP contribution is 2.45. The van der Waals surface area contributed by atoms with Crippen LogP contribution in [0, 0.1) is 5.92 Å². The Hall–Kier alpha value is -5.11. The van der Waals surface area contributed by atoms with Crippen LogP contribution in [-0.2, 0) is 15.1 Å². The zero-order chi connectivity index (χ0) is 33.6. The molecule has 5 rings (SSSR count). The lowest BCUT2D eigenvalue weighted by Gasteiger charge is -2.47. The first-order valence-corrected chi connectivity index (χ1v) is 16.2. The van der Waals surface area contributed by atoms with Crippen molar-refractivity contribution in [3.05, 3.63) is 144 Å². The van der Waals surface area contributed by atoms with Gasteiger partial charge in [-0.25, -0.2) is 9.59 Å². The van der Waals surface area contributed by atoms with Gasteiger partial charge in [0, 0.05) is 33.4 Å². The summed E-state index contributed by atoms with van der Waals surface area (Å²) in [5, 5.41) is 9.79. The van der Waals surface area contributed by atoms with Crippen LogP contribution in [0.2, 0.25) is 0 Å². The molecule has 2 atom stereocenters. The lowest BCUT2D eigenvalue weighted by molar-refractivity contribution is -0.143. The number of allylic oxidation sites excluding steroid dienone is 4. The van der Waals surface area contributed by atoms with Crippen LogP contribution in [0.25, 0.3) is 0 Å². The maximum atomic E-state index is 14.8. The van der Waals surface area contributed by atoms with Crippen LogP contribution in [0.3, 0.4) is 0 Å². The molecule has 3 aromatic rings. The molecule has 0 aliphatic carbocycles. The molecule has 2 heterocycles. The van der Waals surface area contributed by atoms with E-state index in [4.69, 9.17) is 0 Å². The van der Waals surface area contributed by atoms with Gasteiger partial charge in [-0.2, -0.15) is 0 Å². The van der Waals surface area contributed by atoms with Gasteiger partial charge in [0.05, 0.1) is 6.04 Å². The molecular formula is C39H44N4O4. The number of piperidine rings is 1. The largest absolute Gasteiger partial charge is 0.480 e. The number of hydrogen-bond acceptors (Lipinski definition) is 4. The number of benzene rings is 3. The normalized spacial score (nSPS) is 17.1. The molecule has 2 aliphatic rings. The third-order valence-corrected chi connectivity index (χ3v) is 9.26. The Morgan fingerprint density at radius 1 is 0.809 bits per heavy atom. The van der Waals surface area contributed by atoms with Crippen LogP contribution < -0.4 is 0 Å². The average molecular weight is 633 g/mol. The molecule has 2 aliphatic heterocycles. The van der Waals surface area contributed by atoms with E-state index in [-0.39, 0.29) is 23.9 Å². The van der Waals surface area contributed by atoms with Gasteiger partial charge in [0.25, 0.3) is 5.91 Å². The minimum Gasteiger partial charge on any atom is -0.480 e. The number of aliphatic carboxylic acids is 1. The average Bonchev–Trinajstić information content (AvgIpc) is 3.35. The number of carbonyl (C=O) groups excluding carboxylic acids is 2. The predicted octanol–water partition coefficient (Wildman–Crippen LogP) is 6.33. The number of carboxylic acid groups (broad SMARTS) is 1. The number of carbonyl (C=O) groups is 3. The minimum atomic E-state index is -1.04. The molecule has 47 heavy (non-hydrogen) atoms. The van der Waals surface area contributed by atoms with Crippen molar-refractivity contribution in [3.63, 3.8) is 0 Å². The van der Waals surface area contributed by atoms with Gasteiger partial charge in [-0.3, -0.25) is 4.79 Å². The summed E-state index contributed by atoms with van der Waals surface area (Å²) >= 11 is 0. The predicted molar refractivity (Wildman–Crippen MR) is 184 cm³/mol. The second kappa shape index (κ2) is 14.5. The Labute approximate surface area is 277 Å². The Balaban J connectivity index is 1.54. The molecule has 0 unspecified atom stereocenters. The van der Waals surface area contributed by atoms with Crippen LogP contribution in [-0.4, -0.2) is 81.9 Å². The van der Waals surface area contributed by atoms with E-state index in [0.717, 1.165) is 16.7 Å². The molecule has 0 aromatic heterocycles. The summed E-state index contributed by atoms with van der Waals surface area (Å²) in [7, 11) is 3.23. The van der Waals surface area contributed by atoms with E-state index in [1.54, 1.807) is 25.8 Å². The van der Waals surface area contributed by atoms with E-state index in [9.17, 15) is 19.5 Å². The van der Waals surface area contributed by atoms with Crippen LogP contribution in [0.5, 0.6) is 0 Å². The smallest absolute Gasteiger partial charge is 0.326 e. The first-order valence-electron chi connectivity index (χ1n) is 16.2. The number of nitrogens with zero attached hydrogens (tertiary/aromatic N) is 4. The van der Waals surface area contributed by atoms with Crippen LogP contribution >= 0.6 is 0 Å². The van der Waals surface area contributed by atoms with E-state index in [0.29, 0.717) is 31.6 Å². The maximum absolute atomic E-state index is 14.8. The SMILES string of the molecule is CC(C)[C@@H](C(=O)O)N(C)C(=O)N(C)[C@H]1CCCN(C(=O)C2=CC=CC=CN2C(c2ccccc2)(c2ccccc2)c2ccccc2)C1. The number of likely N-dealkylation sites (N-methyl/N-ethyl adjacent to an activating group) is 2. The quantitative estimate of drug-likeness (QED) is 0.279. The molecule has 244 valence electrons. The summed E-state index contributed by atoms with van der Waals surface area (Å²) < 4.78 is 0. The Kier molecular flexibility index (Phi) is 10.3. The first kappa shape index (κ1) is 33.3. The van der Waals surface area contributed by atoms with Crippen molar-refractivity contribution in [1.82, 2.24) is 19.6 Å². The number of hydrogen-bond donors (Lipinski definition) is 1. The third-order valence-electron chi connectivity index (χ3n) is 9.26. The van der Waals surface area contributed by atoms with Gasteiger partial charge in [-0.15, -0.1) is 0 Å². The van der Waals surface area contributed by atoms with E-state index < -0.39 is 17.6 Å². The number of rotatable bonds is 9. The van der Waals surface area contributed by atoms with E-state index in [1.807, 2.05) is 90.0 Å². The molecule has 3 aromatic carbocycles. The molecule has 1 saturated heterocycles. The summed E-state index contributed by atoms with van der Waals surface area (Å²) in [6.45, 7) is 4.46. The fourth-order valence-electron chi connectivity index (χ4n) is 6.97. The van der Waals surface area contributed by atoms with Crippen molar-refractivity contribution < 1.29 is 19.5 Å². The highest BCUT2D eigenvalue weighted by atomic mass is 16.4. The molecule has 0 bridgehead atoms. The zero-order valence-corrected chi connectivity index (χ0v) is 27.6. The summed E-state index contributed by atoms with van der Waals surface area (Å²) in [6, 6.07) is 29.1. The molecule has 1 N–H and O–H groups in total. The van der Waals surface area contributed by atoms with Crippen molar-refractivity contribution >= 4 is 17.9 Å². The minimum absolute atomic E-state index is 0.141. The van der Waals surface area contributed by atoms with Gasteiger partial charge in [-0.1, -0.05) is 117 Å². The highest BCUT2D eigenvalue weighted by molar-refractivity contribution is 5.94.